The summed E-state index contributed by atoms with van der Waals surface area (Å²) in [4.78, 5) is 22.1. The third-order valence-corrected chi connectivity index (χ3v) is 2.90. The number of carboxylic acids is 1. The number of aliphatic carboxylic acids is 1. The first-order valence-electron chi connectivity index (χ1n) is 5.10. The largest absolute Gasteiger partial charge is 0.479 e. The number of anilines is 1. The number of halogens is 3. The lowest BCUT2D eigenvalue weighted by Crippen LogP contribution is -2.26. The molecule has 1 unspecified atom stereocenters. The van der Waals surface area contributed by atoms with Gasteiger partial charge in [-0.15, -0.1) is 0 Å². The molecule has 0 aliphatic rings. The maximum absolute atomic E-state index is 11.5. The molecule has 0 radical (unpaired) electrons. The van der Waals surface area contributed by atoms with Crippen LogP contribution in [0.3, 0.4) is 0 Å². The number of benzene rings is 1. The first-order valence-corrected chi connectivity index (χ1v) is 6.23. The van der Waals surface area contributed by atoms with Crippen molar-refractivity contribution in [2.24, 2.45) is 0 Å². The first kappa shape index (κ1) is 16.0. The molecule has 19 heavy (non-hydrogen) atoms. The summed E-state index contributed by atoms with van der Waals surface area (Å²) in [6, 6.07) is 2.84. The molecule has 1 aromatic carbocycles. The molecule has 0 saturated carbocycles. The van der Waals surface area contributed by atoms with Crippen molar-refractivity contribution in [3.8, 4) is 0 Å². The van der Waals surface area contributed by atoms with Crippen molar-refractivity contribution in [3.05, 3.63) is 27.2 Å². The van der Waals surface area contributed by atoms with Gasteiger partial charge in [-0.2, -0.15) is 0 Å². The van der Waals surface area contributed by atoms with E-state index in [9.17, 15) is 9.59 Å². The zero-order chi connectivity index (χ0) is 14.6. The second-order valence-electron chi connectivity index (χ2n) is 3.58. The van der Waals surface area contributed by atoms with Crippen molar-refractivity contribution >= 4 is 52.4 Å². The van der Waals surface area contributed by atoms with E-state index in [1.807, 2.05) is 0 Å². The number of ether oxygens (including phenoxy) is 1. The Morgan fingerprint density at radius 3 is 2.32 bits per heavy atom. The van der Waals surface area contributed by atoms with Crippen LogP contribution >= 0.6 is 34.8 Å². The summed E-state index contributed by atoms with van der Waals surface area (Å²) >= 11 is 17.5. The van der Waals surface area contributed by atoms with Crippen LogP contribution in [-0.2, 0) is 14.3 Å². The van der Waals surface area contributed by atoms with Crippen LogP contribution in [0.25, 0.3) is 0 Å². The molecule has 0 aliphatic heterocycles. The van der Waals surface area contributed by atoms with Gasteiger partial charge in [0.2, 0.25) is 5.91 Å². The number of rotatable bonds is 5. The summed E-state index contributed by atoms with van der Waals surface area (Å²) in [5.41, 5.74) is 0.198. The topological polar surface area (TPSA) is 75.6 Å². The summed E-state index contributed by atoms with van der Waals surface area (Å²) in [5, 5.41) is 11.7. The Balaban J connectivity index is 2.65. The molecule has 0 spiro atoms. The minimum atomic E-state index is -1.16. The maximum Gasteiger partial charge on any atom is 0.332 e. The molecule has 2 N–H and O–H groups in total. The number of hydrogen-bond donors (Lipinski definition) is 2. The van der Waals surface area contributed by atoms with Crippen LogP contribution in [0.4, 0.5) is 5.69 Å². The van der Waals surface area contributed by atoms with Crippen LogP contribution in [0.2, 0.25) is 15.1 Å². The Kier molecular flexibility index (Phi) is 5.87. The van der Waals surface area contributed by atoms with Crippen molar-refractivity contribution in [2.75, 3.05) is 11.9 Å². The number of carboxylic acid groups (broad SMARTS) is 1. The molecule has 1 atom stereocenters. The summed E-state index contributed by atoms with van der Waals surface area (Å²) in [7, 11) is 0. The van der Waals surface area contributed by atoms with Gasteiger partial charge in [0.15, 0.2) is 6.10 Å². The standard InChI is InChI=1S/C11H10Cl3NO4/c1-5(11(17)18)19-4-9(16)15-10-7(13)2-6(12)3-8(10)14/h2-3,5H,4H2,1H3,(H,15,16)(H,17,18). The van der Waals surface area contributed by atoms with E-state index < -0.39 is 24.6 Å². The van der Waals surface area contributed by atoms with Crippen LogP contribution in [0, 0.1) is 0 Å². The van der Waals surface area contributed by atoms with E-state index in [0.717, 1.165) is 0 Å². The van der Waals surface area contributed by atoms with Crippen LogP contribution in [0.15, 0.2) is 12.1 Å². The summed E-state index contributed by atoms with van der Waals surface area (Å²) in [5.74, 6) is -1.73. The molecule has 8 heteroatoms. The van der Waals surface area contributed by atoms with Gasteiger partial charge < -0.3 is 15.2 Å². The Hall–Kier alpha value is -1.01. The highest BCUT2D eigenvalue weighted by atomic mass is 35.5. The van der Waals surface area contributed by atoms with Crippen LogP contribution < -0.4 is 5.32 Å². The lowest BCUT2D eigenvalue weighted by molar-refractivity contribution is -0.150. The average molecular weight is 327 g/mol. The highest BCUT2D eigenvalue weighted by Gasteiger charge is 2.15. The quantitative estimate of drug-likeness (QED) is 0.872. The van der Waals surface area contributed by atoms with Crippen LogP contribution in [-0.4, -0.2) is 29.7 Å². The third-order valence-electron chi connectivity index (χ3n) is 2.08. The Labute approximate surface area is 124 Å². The summed E-state index contributed by atoms with van der Waals surface area (Å²) in [6.45, 7) is 0.889. The molecule has 1 aromatic rings. The van der Waals surface area contributed by atoms with Crippen molar-refractivity contribution in [3.63, 3.8) is 0 Å². The fraction of sp³-hybridized carbons (Fsp3) is 0.273. The lowest BCUT2D eigenvalue weighted by Gasteiger charge is -2.11. The molecule has 5 nitrogen and oxygen atoms in total. The van der Waals surface area contributed by atoms with Crippen molar-refractivity contribution in [1.29, 1.82) is 0 Å². The molecule has 0 aliphatic carbocycles. The van der Waals surface area contributed by atoms with E-state index in [4.69, 9.17) is 44.6 Å². The molecule has 0 aromatic heterocycles. The molecule has 1 amide bonds. The van der Waals surface area contributed by atoms with Gasteiger partial charge in [-0.05, 0) is 19.1 Å². The van der Waals surface area contributed by atoms with Crippen LogP contribution in [0.5, 0.6) is 0 Å². The fourth-order valence-corrected chi connectivity index (χ4v) is 2.02. The number of carbonyl (C=O) groups is 2. The van der Waals surface area contributed by atoms with E-state index in [1.165, 1.54) is 19.1 Å². The molecule has 0 bridgehead atoms. The van der Waals surface area contributed by atoms with Crippen molar-refractivity contribution in [1.82, 2.24) is 0 Å². The van der Waals surface area contributed by atoms with Gasteiger partial charge in [-0.25, -0.2) is 4.79 Å². The lowest BCUT2D eigenvalue weighted by atomic mass is 10.3. The molecule has 1 rings (SSSR count). The average Bonchev–Trinajstić information content (AvgIpc) is 2.30. The molecule has 104 valence electrons. The fourth-order valence-electron chi connectivity index (χ4n) is 1.11. The van der Waals surface area contributed by atoms with Gasteiger partial charge in [-0.1, -0.05) is 34.8 Å². The summed E-state index contributed by atoms with van der Waals surface area (Å²) in [6.07, 6.45) is -1.08. The Morgan fingerprint density at radius 1 is 1.32 bits per heavy atom. The molecular weight excluding hydrogens is 316 g/mol. The van der Waals surface area contributed by atoms with Gasteiger partial charge in [0.25, 0.3) is 0 Å². The smallest absolute Gasteiger partial charge is 0.332 e. The predicted molar refractivity (Wildman–Crippen MR) is 73.2 cm³/mol. The third kappa shape index (κ3) is 4.87. The monoisotopic (exact) mass is 325 g/mol. The van der Waals surface area contributed by atoms with Gasteiger partial charge in [0.05, 0.1) is 15.7 Å². The zero-order valence-corrected chi connectivity index (χ0v) is 12.0. The van der Waals surface area contributed by atoms with E-state index in [-0.39, 0.29) is 15.7 Å². The van der Waals surface area contributed by atoms with Crippen molar-refractivity contribution in [2.45, 2.75) is 13.0 Å². The second kappa shape index (κ2) is 6.96. The SMILES string of the molecule is CC(OCC(=O)Nc1c(Cl)cc(Cl)cc1Cl)C(=O)O. The molecule has 0 heterocycles. The molecule has 0 saturated heterocycles. The van der Waals surface area contributed by atoms with Gasteiger partial charge in [0, 0.05) is 5.02 Å². The first-order chi connectivity index (χ1) is 8.81. The number of amides is 1. The predicted octanol–water partition coefficient (Wildman–Crippen LogP) is 3.08. The molecule has 0 fully saturated rings. The van der Waals surface area contributed by atoms with Gasteiger partial charge >= 0.3 is 5.97 Å². The van der Waals surface area contributed by atoms with E-state index >= 15 is 0 Å². The number of nitrogens with one attached hydrogen (secondary N) is 1. The second-order valence-corrected chi connectivity index (χ2v) is 4.83. The Morgan fingerprint density at radius 2 is 1.84 bits per heavy atom. The maximum atomic E-state index is 11.5. The summed E-state index contributed by atoms with van der Waals surface area (Å²) < 4.78 is 4.82. The number of carbonyl (C=O) groups excluding carboxylic acids is 1. The van der Waals surface area contributed by atoms with Crippen LogP contribution in [0.1, 0.15) is 6.92 Å². The minimum Gasteiger partial charge on any atom is -0.479 e. The highest BCUT2D eigenvalue weighted by Crippen LogP contribution is 2.33. The number of hydrogen-bond acceptors (Lipinski definition) is 3. The van der Waals surface area contributed by atoms with Gasteiger partial charge in [-0.3, -0.25) is 4.79 Å². The van der Waals surface area contributed by atoms with E-state index in [2.05, 4.69) is 5.32 Å². The normalized spacial score (nSPS) is 12.0. The van der Waals surface area contributed by atoms with E-state index in [0.29, 0.717) is 5.02 Å². The van der Waals surface area contributed by atoms with Gasteiger partial charge in [0.1, 0.15) is 6.61 Å². The van der Waals surface area contributed by atoms with E-state index in [1.54, 1.807) is 0 Å². The highest BCUT2D eigenvalue weighted by molar-refractivity contribution is 6.42. The minimum absolute atomic E-state index is 0.178. The van der Waals surface area contributed by atoms with Crippen molar-refractivity contribution < 1.29 is 19.4 Å². The zero-order valence-electron chi connectivity index (χ0n) is 9.75. The molecular formula is C11H10Cl3NO4. The Bertz CT molecular complexity index is 484.